The number of benzene rings is 2. The Bertz CT molecular complexity index is 980. The number of sulfonamides is 1. The topological polar surface area (TPSA) is 118 Å². The molecule has 0 aromatic heterocycles. The van der Waals surface area contributed by atoms with Gasteiger partial charge in [0.2, 0.25) is 0 Å². The van der Waals surface area contributed by atoms with Gasteiger partial charge in [0.25, 0.3) is 15.7 Å². The lowest BCUT2D eigenvalue weighted by molar-refractivity contribution is -0.387. The monoisotopic (exact) mass is 418 g/mol. The Labute approximate surface area is 158 Å². The number of hydrogen-bond acceptors (Lipinski definition) is 5. The van der Waals surface area contributed by atoms with Crippen molar-refractivity contribution in [3.63, 3.8) is 0 Å². The zero-order valence-electron chi connectivity index (χ0n) is 13.2. The Kier molecular flexibility index (Phi) is 5.74. The Morgan fingerprint density at radius 3 is 2.42 bits per heavy atom. The lowest BCUT2D eigenvalue weighted by Crippen LogP contribution is -2.43. The Balaban J connectivity index is 2.80. The van der Waals surface area contributed by atoms with E-state index in [0.29, 0.717) is 4.31 Å². The van der Waals surface area contributed by atoms with Gasteiger partial charge in [0, 0.05) is 11.1 Å². The minimum atomic E-state index is -4.65. The first-order chi connectivity index (χ1) is 12.1. The van der Waals surface area contributed by atoms with Crippen molar-refractivity contribution in [3.8, 4) is 0 Å². The molecule has 0 saturated carbocycles. The molecule has 0 aliphatic heterocycles. The number of nitrogens with zero attached hydrogens (tertiary/aromatic N) is 2. The summed E-state index contributed by atoms with van der Waals surface area (Å²) in [6.45, 7) is 1.12. The molecule has 2 aromatic carbocycles. The number of anilines is 1. The van der Waals surface area contributed by atoms with Crippen LogP contribution in [-0.4, -0.2) is 30.5 Å². The number of hydrogen-bond donors (Lipinski definition) is 1. The van der Waals surface area contributed by atoms with Crippen LogP contribution >= 0.6 is 23.2 Å². The number of nitro benzene ring substituents is 1. The molecule has 26 heavy (non-hydrogen) atoms. The quantitative estimate of drug-likeness (QED) is 0.565. The van der Waals surface area contributed by atoms with Gasteiger partial charge >= 0.3 is 5.97 Å². The van der Waals surface area contributed by atoms with Crippen molar-refractivity contribution in [2.45, 2.75) is 17.9 Å². The summed E-state index contributed by atoms with van der Waals surface area (Å²) in [5.74, 6) is -1.47. The second-order valence-corrected chi connectivity index (χ2v) is 7.76. The molecule has 1 N–H and O–H groups in total. The van der Waals surface area contributed by atoms with Gasteiger partial charge in [-0.05, 0) is 31.2 Å². The average molecular weight is 419 g/mol. The van der Waals surface area contributed by atoms with Gasteiger partial charge in [-0.2, -0.15) is 0 Å². The van der Waals surface area contributed by atoms with Crippen LogP contribution in [0, 0.1) is 10.1 Å². The minimum absolute atomic E-state index is 0.0790. The molecule has 138 valence electrons. The highest BCUT2D eigenvalue weighted by molar-refractivity contribution is 7.93. The Hall–Kier alpha value is -2.36. The normalized spacial score (nSPS) is 12.4. The molecule has 2 rings (SSSR count). The van der Waals surface area contributed by atoms with E-state index >= 15 is 0 Å². The highest BCUT2D eigenvalue weighted by atomic mass is 35.5. The molecule has 1 unspecified atom stereocenters. The maximum atomic E-state index is 13.1. The zero-order valence-corrected chi connectivity index (χ0v) is 15.5. The molecule has 1 atom stereocenters. The van der Waals surface area contributed by atoms with Crippen molar-refractivity contribution >= 4 is 50.6 Å². The standard InChI is InChI=1S/C15H12Cl2N2O6S/c1-9(15(20)21)18(13-8-10(16)6-7-11(13)17)26(24,25)14-5-3-2-4-12(14)19(22)23/h2-9H,1H3,(H,20,21). The predicted molar refractivity (Wildman–Crippen MR) is 96.3 cm³/mol. The van der Waals surface area contributed by atoms with Gasteiger partial charge in [-0.15, -0.1) is 0 Å². The lowest BCUT2D eigenvalue weighted by Gasteiger charge is -2.28. The van der Waals surface area contributed by atoms with Gasteiger partial charge in [-0.3, -0.25) is 14.4 Å². The fourth-order valence-electron chi connectivity index (χ4n) is 2.23. The number of rotatable bonds is 6. The summed E-state index contributed by atoms with van der Waals surface area (Å²) < 4.78 is 26.8. The highest BCUT2D eigenvalue weighted by Gasteiger charge is 2.38. The van der Waals surface area contributed by atoms with Gasteiger partial charge in [-0.1, -0.05) is 35.3 Å². The maximum absolute atomic E-state index is 13.1. The Morgan fingerprint density at radius 1 is 1.23 bits per heavy atom. The van der Waals surface area contributed by atoms with E-state index in [4.69, 9.17) is 23.2 Å². The molecule has 0 radical (unpaired) electrons. The first-order valence-corrected chi connectivity index (χ1v) is 9.22. The maximum Gasteiger partial charge on any atom is 0.327 e. The summed E-state index contributed by atoms with van der Waals surface area (Å²) in [5, 5.41) is 20.6. The van der Waals surface area contributed by atoms with Crippen molar-refractivity contribution in [1.82, 2.24) is 0 Å². The van der Waals surface area contributed by atoms with E-state index in [2.05, 4.69) is 0 Å². The summed E-state index contributed by atoms with van der Waals surface area (Å²) in [6, 6.07) is 6.90. The second kappa shape index (κ2) is 7.48. The number of nitro groups is 1. The van der Waals surface area contributed by atoms with Crippen LogP contribution in [0.5, 0.6) is 0 Å². The molecule has 0 bridgehead atoms. The van der Waals surface area contributed by atoms with Gasteiger partial charge in [-0.25, -0.2) is 13.2 Å². The van der Waals surface area contributed by atoms with Crippen molar-refractivity contribution < 1.29 is 23.2 Å². The average Bonchev–Trinajstić information content (AvgIpc) is 2.57. The van der Waals surface area contributed by atoms with Gasteiger partial charge in [0.1, 0.15) is 6.04 Å². The SMILES string of the molecule is CC(C(=O)O)N(c1cc(Cl)ccc1Cl)S(=O)(=O)c1ccccc1[N+](=O)[O-]. The molecule has 0 aliphatic carbocycles. The molecule has 0 amide bonds. The Morgan fingerprint density at radius 2 is 1.85 bits per heavy atom. The van der Waals surface area contributed by atoms with E-state index in [1.54, 1.807) is 0 Å². The molecule has 0 aliphatic rings. The first kappa shape index (κ1) is 20.0. The molecule has 2 aromatic rings. The summed E-state index contributed by atoms with van der Waals surface area (Å²) in [4.78, 5) is 21.2. The van der Waals surface area contributed by atoms with Crippen LogP contribution in [0.15, 0.2) is 47.4 Å². The van der Waals surface area contributed by atoms with Crippen LogP contribution in [0.1, 0.15) is 6.92 Å². The molecule has 11 heteroatoms. The van der Waals surface area contributed by atoms with E-state index in [1.807, 2.05) is 0 Å². The molecule has 8 nitrogen and oxygen atoms in total. The zero-order chi connectivity index (χ0) is 19.6. The van der Waals surface area contributed by atoms with Crippen molar-refractivity contribution in [2.24, 2.45) is 0 Å². The van der Waals surface area contributed by atoms with Crippen LogP contribution in [-0.2, 0) is 14.8 Å². The van der Waals surface area contributed by atoms with Gasteiger partial charge < -0.3 is 5.11 Å². The molecule has 0 heterocycles. The molecule has 0 fully saturated rings. The van der Waals surface area contributed by atoms with E-state index in [9.17, 15) is 28.4 Å². The minimum Gasteiger partial charge on any atom is -0.480 e. The summed E-state index contributed by atoms with van der Waals surface area (Å²) in [5.41, 5.74) is -0.888. The molecule has 0 spiro atoms. The van der Waals surface area contributed by atoms with Crippen molar-refractivity contribution in [1.29, 1.82) is 0 Å². The first-order valence-electron chi connectivity index (χ1n) is 7.03. The van der Waals surface area contributed by atoms with Crippen LogP contribution in [0.3, 0.4) is 0 Å². The fraction of sp³-hybridized carbons (Fsp3) is 0.133. The van der Waals surface area contributed by atoms with E-state index in [-0.39, 0.29) is 15.7 Å². The van der Waals surface area contributed by atoms with Crippen molar-refractivity contribution in [3.05, 3.63) is 62.6 Å². The molecular formula is C15H12Cl2N2O6S. The number of carboxylic acid groups (broad SMARTS) is 1. The van der Waals surface area contributed by atoms with Gasteiger partial charge in [0.05, 0.1) is 15.6 Å². The second-order valence-electron chi connectivity index (χ2n) is 5.14. The van der Waals surface area contributed by atoms with E-state index in [0.717, 1.165) is 19.1 Å². The number of para-hydroxylation sites is 1. The molecule has 0 saturated heterocycles. The number of carbonyl (C=O) groups is 1. The fourth-order valence-corrected chi connectivity index (χ4v) is 4.44. The summed E-state index contributed by atoms with van der Waals surface area (Å²) in [7, 11) is -4.65. The third kappa shape index (κ3) is 3.74. The lowest BCUT2D eigenvalue weighted by atomic mass is 10.2. The largest absolute Gasteiger partial charge is 0.480 e. The molecular weight excluding hydrogens is 407 g/mol. The predicted octanol–water partition coefficient (Wildman–Crippen LogP) is 3.57. The van der Waals surface area contributed by atoms with Gasteiger partial charge in [0.15, 0.2) is 4.90 Å². The highest BCUT2D eigenvalue weighted by Crippen LogP contribution is 2.36. The van der Waals surface area contributed by atoms with Crippen LogP contribution in [0.4, 0.5) is 11.4 Å². The van der Waals surface area contributed by atoms with E-state index in [1.165, 1.54) is 30.3 Å². The number of carboxylic acids is 1. The summed E-state index contributed by atoms with van der Waals surface area (Å²) in [6.07, 6.45) is 0. The number of halogens is 2. The van der Waals surface area contributed by atoms with Crippen molar-refractivity contribution in [2.75, 3.05) is 4.31 Å². The van der Waals surface area contributed by atoms with Crippen LogP contribution in [0.2, 0.25) is 10.0 Å². The smallest absolute Gasteiger partial charge is 0.327 e. The van der Waals surface area contributed by atoms with E-state index < -0.39 is 37.5 Å². The van der Waals surface area contributed by atoms with Crippen LogP contribution < -0.4 is 4.31 Å². The van der Waals surface area contributed by atoms with Crippen LogP contribution in [0.25, 0.3) is 0 Å². The third-order valence-electron chi connectivity index (χ3n) is 3.45. The summed E-state index contributed by atoms with van der Waals surface area (Å²) >= 11 is 11.9. The third-order valence-corrected chi connectivity index (χ3v) is 5.94. The number of aliphatic carboxylic acids is 1.